The van der Waals surface area contributed by atoms with Crippen LogP contribution in [0.2, 0.25) is 0 Å². The van der Waals surface area contributed by atoms with Gasteiger partial charge in [0.1, 0.15) is 0 Å². The molecule has 0 spiro atoms. The number of halogens is 1. The number of nitrogens with one attached hydrogen (secondary N) is 2. The van der Waals surface area contributed by atoms with Crippen LogP contribution in [0.15, 0.2) is 53.0 Å². The van der Waals surface area contributed by atoms with Gasteiger partial charge in [0.25, 0.3) is 5.91 Å². The molecule has 2 aromatic carbocycles. The summed E-state index contributed by atoms with van der Waals surface area (Å²) in [5, 5.41) is 14.4. The summed E-state index contributed by atoms with van der Waals surface area (Å²) >= 11 is 3.35. The van der Waals surface area contributed by atoms with E-state index in [0.29, 0.717) is 11.3 Å². The topological polar surface area (TPSA) is 78.4 Å². The van der Waals surface area contributed by atoms with Crippen molar-refractivity contribution in [2.75, 3.05) is 11.9 Å². The Balaban J connectivity index is 1.99. The quantitative estimate of drug-likeness (QED) is 0.709. The maximum atomic E-state index is 12.1. The Morgan fingerprint density at radius 1 is 1.17 bits per heavy atom. The van der Waals surface area contributed by atoms with Crippen molar-refractivity contribution >= 4 is 33.4 Å². The third-order valence-corrected chi connectivity index (χ3v) is 3.87. The summed E-state index contributed by atoms with van der Waals surface area (Å²) < 4.78 is 0.961. The fourth-order valence-electron chi connectivity index (χ4n) is 2.08. The molecule has 0 radical (unpaired) electrons. The van der Waals surface area contributed by atoms with Gasteiger partial charge in [-0.05, 0) is 42.8 Å². The molecule has 5 nitrogen and oxygen atoms in total. The minimum atomic E-state index is -0.326. The molecule has 0 aliphatic rings. The first-order valence-corrected chi connectivity index (χ1v) is 8.33. The van der Waals surface area contributed by atoms with E-state index in [2.05, 4.69) is 26.6 Å². The highest BCUT2D eigenvalue weighted by atomic mass is 79.9. The second-order valence-electron chi connectivity index (χ2n) is 5.49. The molecular weight excluding hydrogens is 372 g/mol. The number of anilines is 1. The van der Waals surface area contributed by atoms with Crippen LogP contribution in [-0.4, -0.2) is 29.6 Å². The lowest BCUT2D eigenvalue weighted by atomic mass is 10.1. The standard InChI is InChI=1S/C18H19BrN2O3/c1-12(11-22)20-18(24)14-3-2-4-16(10-14)21-17(23)9-13-5-7-15(19)8-6-13/h2-8,10,12,22H,9,11H2,1H3,(H,20,24)(H,21,23). The van der Waals surface area contributed by atoms with Gasteiger partial charge >= 0.3 is 0 Å². The number of aliphatic hydroxyl groups excluding tert-OH is 1. The Kier molecular flexibility index (Phi) is 6.52. The summed E-state index contributed by atoms with van der Waals surface area (Å²) in [6.45, 7) is 1.58. The van der Waals surface area contributed by atoms with Crippen molar-refractivity contribution in [3.05, 3.63) is 64.1 Å². The molecule has 0 aromatic heterocycles. The molecule has 0 aliphatic heterocycles. The fraction of sp³-hybridized carbons (Fsp3) is 0.222. The van der Waals surface area contributed by atoms with E-state index < -0.39 is 0 Å². The molecule has 24 heavy (non-hydrogen) atoms. The van der Waals surface area contributed by atoms with Crippen LogP contribution in [0.1, 0.15) is 22.8 Å². The summed E-state index contributed by atoms with van der Waals surface area (Å²) in [5.41, 5.74) is 1.89. The molecule has 0 heterocycles. The first-order chi connectivity index (χ1) is 11.5. The van der Waals surface area contributed by atoms with Crippen molar-refractivity contribution in [1.29, 1.82) is 0 Å². The Morgan fingerprint density at radius 3 is 2.54 bits per heavy atom. The number of amides is 2. The first-order valence-electron chi connectivity index (χ1n) is 7.54. The number of benzene rings is 2. The maximum absolute atomic E-state index is 12.1. The van der Waals surface area contributed by atoms with Gasteiger partial charge in [0.15, 0.2) is 0 Å². The van der Waals surface area contributed by atoms with E-state index in [0.717, 1.165) is 10.0 Å². The van der Waals surface area contributed by atoms with E-state index in [9.17, 15) is 9.59 Å². The highest BCUT2D eigenvalue weighted by Crippen LogP contribution is 2.14. The van der Waals surface area contributed by atoms with Gasteiger partial charge < -0.3 is 15.7 Å². The van der Waals surface area contributed by atoms with Crippen LogP contribution in [0.4, 0.5) is 5.69 Å². The van der Waals surface area contributed by atoms with Gasteiger partial charge in [-0.25, -0.2) is 0 Å². The van der Waals surface area contributed by atoms with E-state index in [1.807, 2.05) is 24.3 Å². The number of carbonyl (C=O) groups excluding carboxylic acids is 2. The van der Waals surface area contributed by atoms with Gasteiger partial charge in [-0.15, -0.1) is 0 Å². The smallest absolute Gasteiger partial charge is 0.251 e. The van der Waals surface area contributed by atoms with Gasteiger partial charge in [-0.2, -0.15) is 0 Å². The molecule has 3 N–H and O–H groups in total. The Labute approximate surface area is 149 Å². The van der Waals surface area contributed by atoms with E-state index >= 15 is 0 Å². The molecule has 6 heteroatoms. The van der Waals surface area contributed by atoms with Crippen LogP contribution in [0.5, 0.6) is 0 Å². The van der Waals surface area contributed by atoms with Gasteiger partial charge in [-0.1, -0.05) is 34.1 Å². The van der Waals surface area contributed by atoms with Gasteiger partial charge in [-0.3, -0.25) is 9.59 Å². The van der Waals surface area contributed by atoms with Crippen molar-refractivity contribution in [2.45, 2.75) is 19.4 Å². The predicted octanol–water partition coefficient (Wildman–Crippen LogP) is 2.74. The van der Waals surface area contributed by atoms with E-state index in [1.165, 1.54) is 0 Å². The number of hydrogen-bond donors (Lipinski definition) is 3. The molecule has 0 bridgehead atoms. The van der Waals surface area contributed by atoms with Crippen LogP contribution in [0.3, 0.4) is 0 Å². The van der Waals surface area contributed by atoms with E-state index in [4.69, 9.17) is 5.11 Å². The summed E-state index contributed by atoms with van der Waals surface area (Å²) in [5.74, 6) is -0.445. The largest absolute Gasteiger partial charge is 0.394 e. The number of rotatable bonds is 6. The molecule has 2 rings (SSSR count). The number of aliphatic hydroxyl groups is 1. The van der Waals surface area contributed by atoms with Crippen molar-refractivity contribution in [2.24, 2.45) is 0 Å². The summed E-state index contributed by atoms with van der Waals surface area (Å²) in [4.78, 5) is 24.2. The molecule has 2 aromatic rings. The monoisotopic (exact) mass is 390 g/mol. The molecule has 0 aliphatic carbocycles. The van der Waals surface area contributed by atoms with Crippen molar-refractivity contribution < 1.29 is 14.7 Å². The van der Waals surface area contributed by atoms with Gasteiger partial charge in [0.05, 0.1) is 13.0 Å². The Hall–Kier alpha value is -2.18. The minimum Gasteiger partial charge on any atom is -0.394 e. The van der Waals surface area contributed by atoms with Crippen molar-refractivity contribution in [3.63, 3.8) is 0 Å². The highest BCUT2D eigenvalue weighted by molar-refractivity contribution is 9.10. The third kappa shape index (κ3) is 5.47. The predicted molar refractivity (Wildman–Crippen MR) is 96.9 cm³/mol. The van der Waals surface area contributed by atoms with Crippen LogP contribution in [0, 0.1) is 0 Å². The Morgan fingerprint density at radius 2 is 1.88 bits per heavy atom. The zero-order valence-electron chi connectivity index (χ0n) is 13.3. The molecule has 126 valence electrons. The molecule has 0 saturated heterocycles. The third-order valence-electron chi connectivity index (χ3n) is 3.34. The molecule has 0 saturated carbocycles. The number of hydrogen-bond acceptors (Lipinski definition) is 3. The molecule has 0 fully saturated rings. The number of carbonyl (C=O) groups is 2. The zero-order valence-corrected chi connectivity index (χ0v) is 14.8. The second-order valence-corrected chi connectivity index (χ2v) is 6.40. The second kappa shape index (κ2) is 8.61. The molecule has 1 atom stereocenters. The average Bonchev–Trinajstić information content (AvgIpc) is 2.57. The van der Waals surface area contributed by atoms with Crippen LogP contribution in [0.25, 0.3) is 0 Å². The van der Waals surface area contributed by atoms with Crippen molar-refractivity contribution in [1.82, 2.24) is 5.32 Å². The van der Waals surface area contributed by atoms with Crippen LogP contribution >= 0.6 is 15.9 Å². The van der Waals surface area contributed by atoms with Crippen LogP contribution in [-0.2, 0) is 11.2 Å². The lowest BCUT2D eigenvalue weighted by Gasteiger charge is -2.12. The summed E-state index contributed by atoms with van der Waals surface area (Å²) in [7, 11) is 0. The SMILES string of the molecule is CC(CO)NC(=O)c1cccc(NC(=O)Cc2ccc(Br)cc2)c1. The Bertz CT molecular complexity index is 716. The molecule has 1 unspecified atom stereocenters. The summed E-state index contributed by atoms with van der Waals surface area (Å²) in [6.07, 6.45) is 0.255. The van der Waals surface area contributed by atoms with Gasteiger partial charge in [0, 0.05) is 21.8 Å². The lowest BCUT2D eigenvalue weighted by molar-refractivity contribution is -0.115. The van der Waals surface area contributed by atoms with Crippen LogP contribution < -0.4 is 10.6 Å². The summed E-state index contributed by atoms with van der Waals surface area (Å²) in [6, 6.07) is 13.9. The first kappa shape index (κ1) is 18.2. The average molecular weight is 391 g/mol. The lowest BCUT2D eigenvalue weighted by Crippen LogP contribution is -2.35. The fourth-order valence-corrected chi connectivity index (χ4v) is 2.35. The van der Waals surface area contributed by atoms with Gasteiger partial charge in [0.2, 0.25) is 5.91 Å². The molecule has 2 amide bonds. The molecular formula is C18H19BrN2O3. The van der Waals surface area contributed by atoms with Crippen molar-refractivity contribution in [3.8, 4) is 0 Å². The minimum absolute atomic E-state index is 0.130. The van der Waals surface area contributed by atoms with E-state index in [1.54, 1.807) is 31.2 Å². The highest BCUT2D eigenvalue weighted by Gasteiger charge is 2.10. The normalized spacial score (nSPS) is 11.6. The zero-order chi connectivity index (χ0) is 17.5. The maximum Gasteiger partial charge on any atom is 0.251 e. The van der Waals surface area contributed by atoms with E-state index in [-0.39, 0.29) is 30.9 Å².